The Balaban J connectivity index is 2.06. The van der Waals surface area contributed by atoms with Gasteiger partial charge in [0.15, 0.2) is 0 Å². The van der Waals surface area contributed by atoms with Gasteiger partial charge in [0, 0.05) is 17.7 Å². The van der Waals surface area contributed by atoms with Crippen LogP contribution in [0, 0.1) is 6.92 Å². The molecular weight excluding hydrogens is 228 g/mol. The highest BCUT2D eigenvalue weighted by molar-refractivity contribution is 5.39. The average molecular weight is 246 g/mol. The van der Waals surface area contributed by atoms with Crippen molar-refractivity contribution in [1.82, 2.24) is 10.5 Å². The molecule has 0 radical (unpaired) electrons. The van der Waals surface area contributed by atoms with Gasteiger partial charge in [0.2, 0.25) is 0 Å². The first-order valence-corrected chi connectivity index (χ1v) is 5.98. The van der Waals surface area contributed by atoms with E-state index in [-0.39, 0.29) is 6.04 Å². The molecule has 0 aliphatic rings. The molecular formula is C14H18N2O2. The average Bonchev–Trinajstić information content (AvgIpc) is 2.88. The Morgan fingerprint density at radius 2 is 2.22 bits per heavy atom. The molecule has 0 amide bonds. The molecule has 0 aliphatic carbocycles. The summed E-state index contributed by atoms with van der Waals surface area (Å²) in [6.45, 7) is 4.81. The van der Waals surface area contributed by atoms with Crippen LogP contribution in [0.15, 0.2) is 35.0 Å². The second kappa shape index (κ2) is 5.69. The molecule has 1 heterocycles. The third kappa shape index (κ3) is 2.90. The molecule has 1 unspecified atom stereocenters. The molecule has 0 aliphatic heterocycles. The lowest BCUT2D eigenvalue weighted by Crippen LogP contribution is -2.18. The standard InChI is InChI=1S/C14H18N2O2/c1-10-4-5-13(14(8-10)17-3)11(2)15-9-12-6-7-16-18-12/h4-8,11,15H,9H2,1-3H3. The van der Waals surface area contributed by atoms with Crippen molar-refractivity contribution in [3.63, 3.8) is 0 Å². The van der Waals surface area contributed by atoms with E-state index in [1.54, 1.807) is 13.3 Å². The molecule has 96 valence electrons. The van der Waals surface area contributed by atoms with Crippen molar-refractivity contribution >= 4 is 0 Å². The first-order valence-electron chi connectivity index (χ1n) is 5.98. The summed E-state index contributed by atoms with van der Waals surface area (Å²) in [5.74, 6) is 1.74. The van der Waals surface area contributed by atoms with E-state index < -0.39 is 0 Å². The lowest BCUT2D eigenvalue weighted by Gasteiger charge is -2.17. The topological polar surface area (TPSA) is 47.3 Å². The van der Waals surface area contributed by atoms with E-state index in [4.69, 9.17) is 9.26 Å². The minimum Gasteiger partial charge on any atom is -0.496 e. The fourth-order valence-electron chi connectivity index (χ4n) is 1.87. The van der Waals surface area contributed by atoms with Gasteiger partial charge in [0.25, 0.3) is 0 Å². The maximum absolute atomic E-state index is 5.41. The fourth-order valence-corrected chi connectivity index (χ4v) is 1.87. The Kier molecular flexibility index (Phi) is 3.99. The minimum atomic E-state index is 0.186. The normalized spacial score (nSPS) is 12.4. The van der Waals surface area contributed by atoms with Crippen molar-refractivity contribution in [1.29, 1.82) is 0 Å². The number of benzene rings is 1. The zero-order valence-corrected chi connectivity index (χ0v) is 10.9. The van der Waals surface area contributed by atoms with Gasteiger partial charge in [0.05, 0.1) is 19.9 Å². The van der Waals surface area contributed by atoms with Gasteiger partial charge in [-0.2, -0.15) is 0 Å². The van der Waals surface area contributed by atoms with Gasteiger partial charge in [-0.15, -0.1) is 0 Å². The lowest BCUT2D eigenvalue weighted by molar-refractivity contribution is 0.362. The summed E-state index contributed by atoms with van der Waals surface area (Å²) in [6.07, 6.45) is 1.65. The monoisotopic (exact) mass is 246 g/mol. The molecule has 4 nitrogen and oxygen atoms in total. The molecule has 0 fully saturated rings. The molecule has 0 bridgehead atoms. The van der Waals surface area contributed by atoms with Gasteiger partial charge >= 0.3 is 0 Å². The van der Waals surface area contributed by atoms with Crippen molar-refractivity contribution < 1.29 is 9.26 Å². The minimum absolute atomic E-state index is 0.186. The van der Waals surface area contributed by atoms with Crippen molar-refractivity contribution in [2.45, 2.75) is 26.4 Å². The number of nitrogens with one attached hydrogen (secondary N) is 1. The highest BCUT2D eigenvalue weighted by Crippen LogP contribution is 2.26. The molecule has 1 aromatic carbocycles. The number of methoxy groups -OCH3 is 1. The van der Waals surface area contributed by atoms with Gasteiger partial charge in [0.1, 0.15) is 11.5 Å². The summed E-state index contributed by atoms with van der Waals surface area (Å²) in [5, 5.41) is 7.06. The Bertz CT molecular complexity index is 495. The molecule has 1 aromatic heterocycles. The predicted molar refractivity (Wildman–Crippen MR) is 69.5 cm³/mol. The Labute approximate surface area is 107 Å². The first kappa shape index (κ1) is 12.6. The van der Waals surface area contributed by atoms with Crippen molar-refractivity contribution in [3.05, 3.63) is 47.3 Å². The summed E-state index contributed by atoms with van der Waals surface area (Å²) in [6, 6.07) is 8.26. The summed E-state index contributed by atoms with van der Waals surface area (Å²) in [4.78, 5) is 0. The molecule has 0 saturated heterocycles. The van der Waals surface area contributed by atoms with E-state index in [9.17, 15) is 0 Å². The number of nitrogens with zero attached hydrogens (tertiary/aromatic N) is 1. The van der Waals surface area contributed by atoms with Crippen LogP contribution in [0.3, 0.4) is 0 Å². The molecule has 18 heavy (non-hydrogen) atoms. The molecule has 4 heteroatoms. The van der Waals surface area contributed by atoms with Crippen LogP contribution in [-0.2, 0) is 6.54 Å². The number of aryl methyl sites for hydroxylation is 1. The summed E-state index contributed by atoms with van der Waals surface area (Å²) in [7, 11) is 1.70. The smallest absolute Gasteiger partial charge is 0.150 e. The largest absolute Gasteiger partial charge is 0.496 e. The zero-order valence-electron chi connectivity index (χ0n) is 10.9. The van der Waals surface area contributed by atoms with Crippen molar-refractivity contribution in [2.24, 2.45) is 0 Å². The molecule has 0 spiro atoms. The van der Waals surface area contributed by atoms with Gasteiger partial charge in [-0.1, -0.05) is 17.3 Å². The summed E-state index contributed by atoms with van der Waals surface area (Å²) < 4.78 is 10.5. The van der Waals surface area contributed by atoms with Gasteiger partial charge in [-0.25, -0.2) is 0 Å². The Morgan fingerprint density at radius 3 is 2.89 bits per heavy atom. The van der Waals surface area contributed by atoms with Crippen molar-refractivity contribution in [2.75, 3.05) is 7.11 Å². The quantitative estimate of drug-likeness (QED) is 0.881. The van der Waals surface area contributed by atoms with E-state index >= 15 is 0 Å². The third-order valence-corrected chi connectivity index (χ3v) is 2.93. The van der Waals surface area contributed by atoms with Crippen LogP contribution in [0.1, 0.15) is 29.9 Å². The van der Waals surface area contributed by atoms with E-state index in [1.807, 2.05) is 12.1 Å². The fraction of sp³-hybridized carbons (Fsp3) is 0.357. The van der Waals surface area contributed by atoms with Crippen LogP contribution in [0.25, 0.3) is 0 Å². The third-order valence-electron chi connectivity index (χ3n) is 2.93. The van der Waals surface area contributed by atoms with E-state index in [1.165, 1.54) is 5.56 Å². The van der Waals surface area contributed by atoms with E-state index in [0.717, 1.165) is 17.1 Å². The van der Waals surface area contributed by atoms with Crippen LogP contribution in [0.2, 0.25) is 0 Å². The second-order valence-corrected chi connectivity index (χ2v) is 4.33. The van der Waals surface area contributed by atoms with E-state index in [2.05, 4.69) is 36.5 Å². The lowest BCUT2D eigenvalue weighted by atomic mass is 10.0. The second-order valence-electron chi connectivity index (χ2n) is 4.33. The molecule has 2 aromatic rings. The number of hydrogen-bond donors (Lipinski definition) is 1. The Hall–Kier alpha value is -1.81. The predicted octanol–water partition coefficient (Wildman–Crippen LogP) is 2.84. The van der Waals surface area contributed by atoms with Crippen LogP contribution in [-0.4, -0.2) is 12.3 Å². The number of hydrogen-bond acceptors (Lipinski definition) is 4. The van der Waals surface area contributed by atoms with Gasteiger partial charge in [-0.3, -0.25) is 0 Å². The SMILES string of the molecule is COc1cc(C)ccc1C(C)NCc1ccno1. The maximum Gasteiger partial charge on any atom is 0.150 e. The van der Waals surface area contributed by atoms with Crippen LogP contribution < -0.4 is 10.1 Å². The highest BCUT2D eigenvalue weighted by Gasteiger charge is 2.11. The van der Waals surface area contributed by atoms with Crippen LogP contribution in [0.5, 0.6) is 5.75 Å². The summed E-state index contributed by atoms with van der Waals surface area (Å²) in [5.41, 5.74) is 2.33. The first-order chi connectivity index (χ1) is 8.70. The molecule has 1 N–H and O–H groups in total. The number of rotatable bonds is 5. The van der Waals surface area contributed by atoms with Crippen LogP contribution in [0.4, 0.5) is 0 Å². The zero-order chi connectivity index (χ0) is 13.0. The molecule has 1 atom stereocenters. The highest BCUT2D eigenvalue weighted by atomic mass is 16.5. The Morgan fingerprint density at radius 1 is 1.39 bits per heavy atom. The van der Waals surface area contributed by atoms with Gasteiger partial charge < -0.3 is 14.6 Å². The number of ether oxygens (including phenoxy) is 1. The maximum atomic E-state index is 5.41. The summed E-state index contributed by atoms with van der Waals surface area (Å²) >= 11 is 0. The molecule has 2 rings (SSSR count). The van der Waals surface area contributed by atoms with Crippen LogP contribution >= 0.6 is 0 Å². The van der Waals surface area contributed by atoms with Gasteiger partial charge in [-0.05, 0) is 25.5 Å². The molecule has 0 saturated carbocycles. The van der Waals surface area contributed by atoms with E-state index in [0.29, 0.717) is 6.54 Å². The number of aromatic nitrogens is 1. The van der Waals surface area contributed by atoms with Crippen molar-refractivity contribution in [3.8, 4) is 5.75 Å².